The van der Waals surface area contributed by atoms with Crippen molar-refractivity contribution in [2.45, 2.75) is 44.6 Å². The van der Waals surface area contributed by atoms with Gasteiger partial charge in [-0.3, -0.25) is 0 Å². The molecule has 1 saturated carbocycles. The Labute approximate surface area is 118 Å². The van der Waals surface area contributed by atoms with E-state index >= 15 is 0 Å². The average Bonchev–Trinajstić information content (AvgIpc) is 2.42. The Bertz CT molecular complexity index is 269. The lowest BCUT2D eigenvalue weighted by Gasteiger charge is -2.38. The first-order valence-electron chi connectivity index (χ1n) is 7.96. The number of ether oxygens (including phenoxy) is 1. The molecule has 0 radical (unpaired) electrons. The minimum Gasteiger partial charge on any atom is -0.377 e. The molecule has 3 nitrogen and oxygen atoms in total. The predicted octanol–water partition coefficient (Wildman–Crippen LogP) is 2.42. The molecule has 0 spiro atoms. The van der Waals surface area contributed by atoms with Gasteiger partial charge in [-0.05, 0) is 44.1 Å². The van der Waals surface area contributed by atoms with Crippen molar-refractivity contribution in [3.05, 3.63) is 12.7 Å². The summed E-state index contributed by atoms with van der Waals surface area (Å²) in [5.74, 6) is 1.43. The second-order valence-electron chi connectivity index (χ2n) is 6.30. The summed E-state index contributed by atoms with van der Waals surface area (Å²) >= 11 is 0. The SMILES string of the molecule is C=CCOC[C@@H]1CCCN(C[C@@H]2CCCC[C@H]2N)C1. The lowest BCUT2D eigenvalue weighted by molar-refractivity contribution is 0.0633. The number of hydrogen-bond acceptors (Lipinski definition) is 3. The van der Waals surface area contributed by atoms with Crippen LogP contribution in [0.5, 0.6) is 0 Å². The van der Waals surface area contributed by atoms with Crippen molar-refractivity contribution in [3.63, 3.8) is 0 Å². The number of piperidine rings is 1. The van der Waals surface area contributed by atoms with E-state index in [1.54, 1.807) is 0 Å². The number of nitrogens with zero attached hydrogens (tertiary/aromatic N) is 1. The van der Waals surface area contributed by atoms with Crippen molar-refractivity contribution >= 4 is 0 Å². The zero-order valence-electron chi connectivity index (χ0n) is 12.2. The van der Waals surface area contributed by atoms with E-state index in [0.717, 1.165) is 12.5 Å². The molecule has 0 unspecified atom stereocenters. The third-order valence-corrected chi connectivity index (χ3v) is 4.65. The van der Waals surface area contributed by atoms with Crippen LogP contribution in [0, 0.1) is 11.8 Å². The lowest BCUT2D eigenvalue weighted by atomic mass is 9.84. The first-order valence-corrected chi connectivity index (χ1v) is 7.96. The molecule has 2 aliphatic rings. The molecule has 1 aliphatic carbocycles. The summed E-state index contributed by atoms with van der Waals surface area (Å²) < 4.78 is 5.61. The number of hydrogen-bond donors (Lipinski definition) is 1. The van der Waals surface area contributed by atoms with E-state index in [1.807, 2.05) is 6.08 Å². The van der Waals surface area contributed by atoms with Crippen LogP contribution in [0.15, 0.2) is 12.7 Å². The van der Waals surface area contributed by atoms with Gasteiger partial charge in [0.15, 0.2) is 0 Å². The van der Waals surface area contributed by atoms with E-state index < -0.39 is 0 Å². The molecule has 0 aromatic carbocycles. The molecule has 110 valence electrons. The van der Waals surface area contributed by atoms with Crippen molar-refractivity contribution in [3.8, 4) is 0 Å². The predicted molar refractivity (Wildman–Crippen MR) is 80.1 cm³/mol. The second-order valence-corrected chi connectivity index (χ2v) is 6.30. The third kappa shape index (κ3) is 4.90. The molecule has 1 heterocycles. The molecular formula is C16H30N2O. The van der Waals surface area contributed by atoms with Crippen molar-refractivity contribution in [1.29, 1.82) is 0 Å². The summed E-state index contributed by atoms with van der Waals surface area (Å²) in [6.07, 6.45) is 9.71. The van der Waals surface area contributed by atoms with Crippen LogP contribution in [0.25, 0.3) is 0 Å². The molecule has 3 heteroatoms. The molecule has 2 fully saturated rings. The van der Waals surface area contributed by atoms with Gasteiger partial charge in [0.25, 0.3) is 0 Å². The molecular weight excluding hydrogens is 236 g/mol. The van der Waals surface area contributed by atoms with Gasteiger partial charge in [-0.25, -0.2) is 0 Å². The summed E-state index contributed by atoms with van der Waals surface area (Å²) in [7, 11) is 0. The van der Waals surface area contributed by atoms with Crippen LogP contribution in [0.4, 0.5) is 0 Å². The fourth-order valence-corrected chi connectivity index (χ4v) is 3.57. The van der Waals surface area contributed by atoms with E-state index in [2.05, 4.69) is 11.5 Å². The molecule has 0 aromatic heterocycles. The van der Waals surface area contributed by atoms with E-state index in [1.165, 1.54) is 58.2 Å². The topological polar surface area (TPSA) is 38.5 Å². The normalized spacial score (nSPS) is 33.2. The van der Waals surface area contributed by atoms with Crippen LogP contribution < -0.4 is 5.73 Å². The maximum absolute atomic E-state index is 6.27. The van der Waals surface area contributed by atoms with Gasteiger partial charge in [-0.1, -0.05) is 18.9 Å². The summed E-state index contributed by atoms with van der Waals surface area (Å²) in [5.41, 5.74) is 6.27. The van der Waals surface area contributed by atoms with Crippen molar-refractivity contribution in [2.75, 3.05) is 32.8 Å². The van der Waals surface area contributed by atoms with Crippen LogP contribution >= 0.6 is 0 Å². The summed E-state index contributed by atoms with van der Waals surface area (Å²) in [5, 5.41) is 0. The highest BCUT2D eigenvalue weighted by Gasteiger charge is 2.27. The number of likely N-dealkylation sites (tertiary alicyclic amines) is 1. The van der Waals surface area contributed by atoms with E-state index in [0.29, 0.717) is 18.6 Å². The van der Waals surface area contributed by atoms with Crippen LogP contribution in [0.1, 0.15) is 38.5 Å². The van der Waals surface area contributed by atoms with Gasteiger partial charge in [0, 0.05) is 19.1 Å². The molecule has 3 atom stereocenters. The Morgan fingerprint density at radius 1 is 1.21 bits per heavy atom. The lowest BCUT2D eigenvalue weighted by Crippen LogP contribution is -2.45. The van der Waals surface area contributed by atoms with Gasteiger partial charge in [-0.15, -0.1) is 6.58 Å². The second kappa shape index (κ2) is 8.03. The molecule has 0 amide bonds. The fourth-order valence-electron chi connectivity index (χ4n) is 3.57. The monoisotopic (exact) mass is 266 g/mol. The van der Waals surface area contributed by atoms with Gasteiger partial charge in [0.05, 0.1) is 13.2 Å². The Hall–Kier alpha value is -0.380. The molecule has 0 aromatic rings. The minimum absolute atomic E-state index is 0.436. The van der Waals surface area contributed by atoms with E-state index in [9.17, 15) is 0 Å². The van der Waals surface area contributed by atoms with E-state index in [4.69, 9.17) is 10.5 Å². The standard InChI is InChI=1S/C16H30N2O/c1-2-10-19-13-14-6-5-9-18(11-14)12-15-7-3-4-8-16(15)17/h2,14-16H,1,3-13,17H2/t14-,15+,16-/m1/s1. The molecule has 2 rings (SSSR count). The van der Waals surface area contributed by atoms with Gasteiger partial charge in [0.1, 0.15) is 0 Å². The van der Waals surface area contributed by atoms with E-state index in [-0.39, 0.29) is 0 Å². The summed E-state index contributed by atoms with van der Waals surface area (Å²) in [4.78, 5) is 2.63. The maximum atomic E-state index is 6.27. The Morgan fingerprint density at radius 3 is 2.84 bits per heavy atom. The molecule has 19 heavy (non-hydrogen) atoms. The third-order valence-electron chi connectivity index (χ3n) is 4.65. The first kappa shape index (κ1) is 15.0. The summed E-state index contributed by atoms with van der Waals surface area (Å²) in [6, 6.07) is 0.436. The highest BCUT2D eigenvalue weighted by atomic mass is 16.5. The highest BCUT2D eigenvalue weighted by molar-refractivity contribution is 4.83. The van der Waals surface area contributed by atoms with Gasteiger partial charge in [0.2, 0.25) is 0 Å². The largest absolute Gasteiger partial charge is 0.377 e. The minimum atomic E-state index is 0.436. The van der Waals surface area contributed by atoms with Crippen LogP contribution in [0.2, 0.25) is 0 Å². The zero-order chi connectivity index (χ0) is 13.5. The highest BCUT2D eigenvalue weighted by Crippen LogP contribution is 2.26. The maximum Gasteiger partial charge on any atom is 0.0644 e. The Morgan fingerprint density at radius 2 is 2.05 bits per heavy atom. The van der Waals surface area contributed by atoms with Crippen LogP contribution in [-0.2, 0) is 4.74 Å². The zero-order valence-corrected chi connectivity index (χ0v) is 12.2. The van der Waals surface area contributed by atoms with Crippen molar-refractivity contribution in [1.82, 2.24) is 4.90 Å². The van der Waals surface area contributed by atoms with Crippen LogP contribution in [0.3, 0.4) is 0 Å². The molecule has 1 saturated heterocycles. The average molecular weight is 266 g/mol. The van der Waals surface area contributed by atoms with Gasteiger partial charge < -0.3 is 15.4 Å². The number of nitrogens with two attached hydrogens (primary N) is 1. The fraction of sp³-hybridized carbons (Fsp3) is 0.875. The van der Waals surface area contributed by atoms with Crippen LogP contribution in [-0.4, -0.2) is 43.8 Å². The molecule has 0 bridgehead atoms. The first-order chi connectivity index (χ1) is 9.29. The smallest absolute Gasteiger partial charge is 0.0644 e. The summed E-state index contributed by atoms with van der Waals surface area (Å²) in [6.45, 7) is 8.92. The Balaban J connectivity index is 1.72. The molecule has 1 aliphatic heterocycles. The van der Waals surface area contributed by atoms with Gasteiger partial charge in [-0.2, -0.15) is 0 Å². The van der Waals surface area contributed by atoms with Crippen molar-refractivity contribution < 1.29 is 4.74 Å². The Kier molecular flexibility index (Phi) is 6.35. The molecule has 2 N–H and O–H groups in total. The number of rotatable bonds is 6. The van der Waals surface area contributed by atoms with Gasteiger partial charge >= 0.3 is 0 Å². The quantitative estimate of drug-likeness (QED) is 0.593. The van der Waals surface area contributed by atoms with Crippen molar-refractivity contribution in [2.24, 2.45) is 17.6 Å².